The van der Waals surface area contributed by atoms with Gasteiger partial charge in [0.15, 0.2) is 0 Å². The fourth-order valence-electron chi connectivity index (χ4n) is 2.66. The van der Waals surface area contributed by atoms with Crippen LogP contribution in [0.1, 0.15) is 40.0 Å². The van der Waals surface area contributed by atoms with E-state index in [0.29, 0.717) is 12.1 Å². The van der Waals surface area contributed by atoms with Crippen LogP contribution in [0.3, 0.4) is 0 Å². The molecule has 3 unspecified atom stereocenters. The number of nitrogens with one attached hydrogen (secondary N) is 1. The number of hydrogen-bond acceptors (Lipinski definition) is 2. The van der Waals surface area contributed by atoms with Crippen LogP contribution in [-0.2, 0) is 0 Å². The molecule has 0 aromatic rings. The Kier molecular flexibility index (Phi) is 7.17. The fraction of sp³-hybridized carbons (Fsp3) is 0.857. The van der Waals surface area contributed by atoms with Crippen molar-refractivity contribution in [3.05, 3.63) is 11.6 Å². The van der Waals surface area contributed by atoms with Crippen molar-refractivity contribution in [1.29, 1.82) is 0 Å². The highest BCUT2D eigenvalue weighted by Gasteiger charge is 2.29. The highest BCUT2D eigenvalue weighted by molar-refractivity contribution is 6.25. The summed E-state index contributed by atoms with van der Waals surface area (Å²) in [6.45, 7) is 10.1. The Balaban J connectivity index is 2.58. The van der Waals surface area contributed by atoms with Crippen molar-refractivity contribution in [2.45, 2.75) is 52.1 Å². The lowest BCUT2D eigenvalue weighted by Crippen LogP contribution is -2.58. The SMILES string of the molecule is CCCC1CN(C/C=C/Cl)C(C(C)CC)CN1. The van der Waals surface area contributed by atoms with E-state index in [1.165, 1.54) is 19.3 Å². The maximum absolute atomic E-state index is 5.66. The van der Waals surface area contributed by atoms with Crippen molar-refractivity contribution in [1.82, 2.24) is 10.2 Å². The van der Waals surface area contributed by atoms with Crippen molar-refractivity contribution >= 4 is 11.6 Å². The lowest BCUT2D eigenvalue weighted by atomic mass is 9.93. The van der Waals surface area contributed by atoms with Crippen molar-refractivity contribution < 1.29 is 0 Å². The largest absolute Gasteiger partial charge is 0.311 e. The van der Waals surface area contributed by atoms with E-state index in [9.17, 15) is 0 Å². The molecule has 100 valence electrons. The van der Waals surface area contributed by atoms with Gasteiger partial charge in [-0.05, 0) is 12.3 Å². The van der Waals surface area contributed by atoms with E-state index in [2.05, 4.69) is 37.1 Å². The number of hydrogen-bond donors (Lipinski definition) is 1. The average Bonchev–Trinajstić information content (AvgIpc) is 2.36. The van der Waals surface area contributed by atoms with E-state index in [1.54, 1.807) is 5.54 Å². The summed E-state index contributed by atoms with van der Waals surface area (Å²) in [6.07, 6.45) is 5.83. The number of rotatable bonds is 6. The Morgan fingerprint density at radius 2 is 2.24 bits per heavy atom. The molecule has 2 nitrogen and oxygen atoms in total. The second kappa shape index (κ2) is 8.12. The standard InChI is InChI=1S/C14H27ClN2/c1-4-7-13-11-17(9-6-8-15)14(10-16-13)12(3)5-2/h6,8,12-14,16H,4-5,7,9-11H2,1-3H3/b8-6+. The van der Waals surface area contributed by atoms with Crippen molar-refractivity contribution in [3.63, 3.8) is 0 Å². The summed E-state index contributed by atoms with van der Waals surface area (Å²) >= 11 is 5.66. The van der Waals surface area contributed by atoms with Gasteiger partial charge in [0.1, 0.15) is 0 Å². The second-order valence-corrected chi connectivity index (χ2v) is 5.41. The first-order chi connectivity index (χ1) is 8.22. The predicted molar refractivity (Wildman–Crippen MR) is 76.5 cm³/mol. The minimum Gasteiger partial charge on any atom is -0.311 e. The molecule has 3 heteroatoms. The van der Waals surface area contributed by atoms with Gasteiger partial charge in [0, 0.05) is 37.3 Å². The lowest BCUT2D eigenvalue weighted by molar-refractivity contribution is 0.101. The fourth-order valence-corrected chi connectivity index (χ4v) is 2.74. The van der Waals surface area contributed by atoms with Crippen molar-refractivity contribution in [2.24, 2.45) is 5.92 Å². The van der Waals surface area contributed by atoms with Gasteiger partial charge in [-0.15, -0.1) is 0 Å². The molecule has 0 radical (unpaired) electrons. The molecule has 1 aliphatic rings. The van der Waals surface area contributed by atoms with Gasteiger partial charge in [0.2, 0.25) is 0 Å². The van der Waals surface area contributed by atoms with Crippen LogP contribution < -0.4 is 5.32 Å². The second-order valence-electron chi connectivity index (χ2n) is 5.16. The van der Waals surface area contributed by atoms with Gasteiger partial charge in [-0.3, -0.25) is 4.90 Å². The van der Waals surface area contributed by atoms with Crippen LogP contribution in [0.2, 0.25) is 0 Å². The highest BCUT2D eigenvalue weighted by Crippen LogP contribution is 2.19. The van der Waals surface area contributed by atoms with Crippen LogP contribution in [0.15, 0.2) is 11.6 Å². The Morgan fingerprint density at radius 1 is 1.47 bits per heavy atom. The monoisotopic (exact) mass is 258 g/mol. The summed E-state index contributed by atoms with van der Waals surface area (Å²) in [5.41, 5.74) is 1.64. The van der Waals surface area contributed by atoms with E-state index >= 15 is 0 Å². The first-order valence-corrected chi connectivity index (χ1v) is 7.39. The molecule has 17 heavy (non-hydrogen) atoms. The van der Waals surface area contributed by atoms with Crippen LogP contribution in [0, 0.1) is 5.92 Å². The Hall–Kier alpha value is -0.0500. The first-order valence-electron chi connectivity index (χ1n) is 6.95. The highest BCUT2D eigenvalue weighted by atomic mass is 35.5. The van der Waals surface area contributed by atoms with Gasteiger partial charge < -0.3 is 5.32 Å². The van der Waals surface area contributed by atoms with Crippen LogP contribution >= 0.6 is 11.6 Å². The van der Waals surface area contributed by atoms with Gasteiger partial charge in [-0.1, -0.05) is 51.3 Å². The molecule has 0 aliphatic carbocycles. The molecular weight excluding hydrogens is 232 g/mol. The van der Waals surface area contributed by atoms with E-state index in [0.717, 1.165) is 25.6 Å². The molecule has 1 saturated heterocycles. The van der Waals surface area contributed by atoms with Gasteiger partial charge >= 0.3 is 0 Å². The molecule has 0 saturated carbocycles. The Morgan fingerprint density at radius 3 is 2.82 bits per heavy atom. The molecule has 0 bridgehead atoms. The molecule has 1 rings (SSSR count). The summed E-state index contributed by atoms with van der Waals surface area (Å²) in [5.74, 6) is 0.744. The van der Waals surface area contributed by atoms with Gasteiger partial charge in [-0.25, -0.2) is 0 Å². The molecule has 1 aliphatic heterocycles. The predicted octanol–water partition coefficient (Wildman–Crippen LogP) is 3.23. The normalized spacial score (nSPS) is 28.7. The van der Waals surface area contributed by atoms with Crippen LogP contribution in [-0.4, -0.2) is 36.6 Å². The van der Waals surface area contributed by atoms with Gasteiger partial charge in [0.25, 0.3) is 0 Å². The first kappa shape index (κ1) is 15.0. The number of piperazine rings is 1. The molecule has 0 spiro atoms. The smallest absolute Gasteiger partial charge is 0.0250 e. The van der Waals surface area contributed by atoms with Gasteiger partial charge in [-0.2, -0.15) is 0 Å². The third-order valence-corrected chi connectivity index (χ3v) is 4.08. The van der Waals surface area contributed by atoms with E-state index in [1.807, 2.05) is 0 Å². The van der Waals surface area contributed by atoms with Crippen molar-refractivity contribution in [2.75, 3.05) is 19.6 Å². The van der Waals surface area contributed by atoms with E-state index in [4.69, 9.17) is 11.6 Å². The molecular formula is C14H27ClN2. The third kappa shape index (κ3) is 4.61. The molecule has 1 N–H and O–H groups in total. The molecule has 0 aromatic carbocycles. The minimum absolute atomic E-state index is 0.654. The van der Waals surface area contributed by atoms with Crippen molar-refractivity contribution in [3.8, 4) is 0 Å². The average molecular weight is 259 g/mol. The zero-order valence-corrected chi connectivity index (χ0v) is 12.2. The Labute approximate surface area is 111 Å². The van der Waals surface area contributed by atoms with Crippen LogP contribution in [0.4, 0.5) is 0 Å². The number of halogens is 1. The maximum atomic E-state index is 5.66. The maximum Gasteiger partial charge on any atom is 0.0250 e. The topological polar surface area (TPSA) is 15.3 Å². The summed E-state index contributed by atoms with van der Waals surface area (Å²) in [7, 11) is 0. The molecule has 1 heterocycles. The Bertz CT molecular complexity index is 230. The molecule has 0 amide bonds. The summed E-state index contributed by atoms with van der Waals surface area (Å²) in [4.78, 5) is 2.59. The zero-order valence-electron chi connectivity index (χ0n) is 11.5. The summed E-state index contributed by atoms with van der Waals surface area (Å²) in [5, 5.41) is 3.69. The van der Waals surface area contributed by atoms with E-state index < -0.39 is 0 Å². The quantitative estimate of drug-likeness (QED) is 0.787. The third-order valence-electron chi connectivity index (χ3n) is 3.91. The summed E-state index contributed by atoms with van der Waals surface area (Å²) < 4.78 is 0. The van der Waals surface area contributed by atoms with E-state index in [-0.39, 0.29) is 0 Å². The van der Waals surface area contributed by atoms with Crippen LogP contribution in [0.5, 0.6) is 0 Å². The van der Waals surface area contributed by atoms with Crippen LogP contribution in [0.25, 0.3) is 0 Å². The summed E-state index contributed by atoms with van der Waals surface area (Å²) in [6, 6.07) is 1.31. The minimum atomic E-state index is 0.654. The zero-order chi connectivity index (χ0) is 12.7. The molecule has 1 fully saturated rings. The molecule has 0 aromatic heterocycles. The van der Waals surface area contributed by atoms with Gasteiger partial charge in [0.05, 0.1) is 0 Å². The lowest BCUT2D eigenvalue weighted by Gasteiger charge is -2.42. The number of nitrogens with zero attached hydrogens (tertiary/aromatic N) is 1. The molecule has 3 atom stereocenters.